The molecule has 1 aromatic carbocycles. The summed E-state index contributed by atoms with van der Waals surface area (Å²) in [5.74, 6) is -0.896. The van der Waals surface area contributed by atoms with Crippen LogP contribution in [-0.4, -0.2) is 24.4 Å². The van der Waals surface area contributed by atoms with Crippen LogP contribution >= 0.6 is 11.6 Å². The van der Waals surface area contributed by atoms with Gasteiger partial charge in [0, 0.05) is 10.6 Å². The summed E-state index contributed by atoms with van der Waals surface area (Å²) in [6.45, 7) is 2.78. The number of carbonyl (C=O) groups excluding carboxylic acids is 3. The molecule has 2 N–H and O–H groups in total. The molecule has 0 unspecified atom stereocenters. The fourth-order valence-corrected chi connectivity index (χ4v) is 2.00. The maximum Gasteiger partial charge on any atom is 0.342 e. The normalized spacial score (nSPS) is 10.1. The third-order valence-electron chi connectivity index (χ3n) is 3.02. The van der Waals surface area contributed by atoms with E-state index in [1.807, 2.05) is 0 Å². The molecule has 8 heteroatoms. The van der Waals surface area contributed by atoms with Crippen LogP contribution in [0.25, 0.3) is 0 Å². The van der Waals surface area contributed by atoms with Crippen molar-refractivity contribution in [3.05, 3.63) is 58.0 Å². The lowest BCUT2D eigenvalue weighted by atomic mass is 10.2. The van der Waals surface area contributed by atoms with E-state index in [1.165, 1.54) is 18.2 Å². The fourth-order valence-electron chi connectivity index (χ4n) is 1.88. The number of nitrogens with one attached hydrogen (secondary N) is 2. The van der Waals surface area contributed by atoms with E-state index in [1.54, 1.807) is 26.0 Å². The van der Waals surface area contributed by atoms with Crippen molar-refractivity contribution in [3.8, 4) is 0 Å². The van der Waals surface area contributed by atoms with Gasteiger partial charge in [-0.2, -0.15) is 0 Å². The maximum absolute atomic E-state index is 11.8. The average molecular weight is 351 g/mol. The third kappa shape index (κ3) is 4.60. The van der Waals surface area contributed by atoms with Crippen molar-refractivity contribution in [3.63, 3.8) is 0 Å². The number of hydrazine groups is 1. The molecule has 0 aliphatic heterocycles. The van der Waals surface area contributed by atoms with Crippen molar-refractivity contribution < 1.29 is 23.5 Å². The number of hydrogen-bond donors (Lipinski definition) is 2. The highest BCUT2D eigenvalue weighted by Gasteiger charge is 2.16. The van der Waals surface area contributed by atoms with Crippen molar-refractivity contribution in [1.29, 1.82) is 0 Å². The van der Waals surface area contributed by atoms with E-state index in [0.717, 1.165) is 0 Å². The summed E-state index contributed by atoms with van der Waals surface area (Å²) in [5.41, 5.74) is 4.93. The summed E-state index contributed by atoms with van der Waals surface area (Å²) in [6.07, 6.45) is 0. The van der Waals surface area contributed by atoms with Gasteiger partial charge in [-0.25, -0.2) is 4.79 Å². The van der Waals surface area contributed by atoms with Crippen LogP contribution in [0, 0.1) is 13.8 Å². The van der Waals surface area contributed by atoms with Crippen LogP contribution in [0.15, 0.2) is 34.7 Å². The summed E-state index contributed by atoms with van der Waals surface area (Å²) in [7, 11) is 0. The summed E-state index contributed by atoms with van der Waals surface area (Å²) in [5, 5.41) is 0.493. The van der Waals surface area contributed by atoms with Gasteiger partial charge in [-0.15, -0.1) is 0 Å². The number of rotatable bonds is 4. The van der Waals surface area contributed by atoms with Gasteiger partial charge in [-0.1, -0.05) is 11.6 Å². The number of furan rings is 1. The van der Waals surface area contributed by atoms with Crippen LogP contribution in [0.1, 0.15) is 32.2 Å². The zero-order valence-corrected chi connectivity index (χ0v) is 13.8. The smallest absolute Gasteiger partial charge is 0.342 e. The SMILES string of the molecule is Cc1cc(C(=O)OCC(=O)NNC(=O)c2ccc(Cl)cc2)c(C)o1. The maximum atomic E-state index is 11.8. The van der Waals surface area contributed by atoms with Crippen LogP contribution in [0.3, 0.4) is 0 Å². The summed E-state index contributed by atoms with van der Waals surface area (Å²) in [4.78, 5) is 35.2. The van der Waals surface area contributed by atoms with Gasteiger partial charge < -0.3 is 9.15 Å². The molecule has 0 atom stereocenters. The first-order chi connectivity index (χ1) is 11.4. The molecule has 2 aromatic rings. The minimum Gasteiger partial charge on any atom is -0.466 e. The molecule has 0 radical (unpaired) electrons. The second-order valence-corrected chi connectivity index (χ2v) is 5.35. The largest absolute Gasteiger partial charge is 0.466 e. The van der Waals surface area contributed by atoms with Gasteiger partial charge >= 0.3 is 5.97 Å². The number of carbonyl (C=O) groups is 3. The molecule has 0 saturated carbocycles. The topological polar surface area (TPSA) is 97.6 Å². The fraction of sp³-hybridized carbons (Fsp3) is 0.188. The standard InChI is InChI=1S/C16H15ClN2O5/c1-9-7-13(10(2)24-9)16(22)23-8-14(20)18-19-15(21)11-3-5-12(17)6-4-11/h3-7H,8H2,1-2H3,(H,18,20)(H,19,21). The Bertz CT molecular complexity index is 767. The number of halogens is 1. The number of hydrogen-bond acceptors (Lipinski definition) is 5. The average Bonchev–Trinajstić information content (AvgIpc) is 2.89. The lowest BCUT2D eigenvalue weighted by Crippen LogP contribution is -2.43. The predicted octanol–water partition coefficient (Wildman–Crippen LogP) is 2.17. The van der Waals surface area contributed by atoms with Gasteiger partial charge in [-0.3, -0.25) is 20.4 Å². The number of amides is 2. The van der Waals surface area contributed by atoms with E-state index in [2.05, 4.69) is 10.9 Å². The van der Waals surface area contributed by atoms with Gasteiger partial charge in [0.25, 0.3) is 11.8 Å². The van der Waals surface area contributed by atoms with Crippen LogP contribution < -0.4 is 10.9 Å². The lowest BCUT2D eigenvalue weighted by molar-refractivity contribution is -0.125. The Morgan fingerprint density at radius 1 is 1.12 bits per heavy atom. The Kier molecular flexibility index (Phi) is 5.59. The summed E-state index contributed by atoms with van der Waals surface area (Å²) >= 11 is 5.72. The zero-order chi connectivity index (χ0) is 17.7. The molecule has 0 saturated heterocycles. The first kappa shape index (κ1) is 17.6. The zero-order valence-electron chi connectivity index (χ0n) is 13.0. The van der Waals surface area contributed by atoms with Crippen LogP contribution in [0.5, 0.6) is 0 Å². The molecule has 0 fully saturated rings. The van der Waals surface area contributed by atoms with Crippen LogP contribution in [0.4, 0.5) is 0 Å². The molecule has 0 spiro atoms. The van der Waals surface area contributed by atoms with Gasteiger partial charge in [0.1, 0.15) is 17.1 Å². The van der Waals surface area contributed by atoms with Crippen LogP contribution in [0.2, 0.25) is 5.02 Å². The molecule has 0 bridgehead atoms. The van der Waals surface area contributed by atoms with E-state index in [4.69, 9.17) is 20.8 Å². The second kappa shape index (κ2) is 7.65. The third-order valence-corrected chi connectivity index (χ3v) is 3.27. The Morgan fingerprint density at radius 2 is 1.79 bits per heavy atom. The van der Waals surface area contributed by atoms with Crippen molar-refractivity contribution in [1.82, 2.24) is 10.9 Å². The first-order valence-electron chi connectivity index (χ1n) is 6.95. The van der Waals surface area contributed by atoms with E-state index in [9.17, 15) is 14.4 Å². The minimum atomic E-state index is -0.677. The molecule has 1 aromatic heterocycles. The van der Waals surface area contributed by atoms with E-state index in [-0.39, 0.29) is 5.56 Å². The molecule has 7 nitrogen and oxygen atoms in total. The Balaban J connectivity index is 1.79. The number of aryl methyl sites for hydroxylation is 2. The number of ether oxygens (including phenoxy) is 1. The van der Waals surface area contributed by atoms with E-state index < -0.39 is 24.4 Å². The molecular weight excluding hydrogens is 336 g/mol. The van der Waals surface area contributed by atoms with Crippen molar-refractivity contribution in [2.45, 2.75) is 13.8 Å². The number of esters is 1. The molecule has 1 heterocycles. The highest BCUT2D eigenvalue weighted by atomic mass is 35.5. The molecule has 126 valence electrons. The quantitative estimate of drug-likeness (QED) is 0.650. The molecular formula is C16H15ClN2O5. The first-order valence-corrected chi connectivity index (χ1v) is 7.33. The van der Waals surface area contributed by atoms with Crippen molar-refractivity contribution >= 4 is 29.4 Å². The van der Waals surface area contributed by atoms with E-state index >= 15 is 0 Å². The molecule has 0 aliphatic carbocycles. The molecule has 2 amide bonds. The van der Waals surface area contributed by atoms with Gasteiger partial charge in [-0.05, 0) is 44.2 Å². The van der Waals surface area contributed by atoms with Gasteiger partial charge in [0.15, 0.2) is 6.61 Å². The molecule has 2 rings (SSSR count). The number of benzene rings is 1. The summed E-state index contributed by atoms with van der Waals surface area (Å²) in [6, 6.07) is 7.64. The van der Waals surface area contributed by atoms with Gasteiger partial charge in [0.2, 0.25) is 0 Å². The van der Waals surface area contributed by atoms with Crippen molar-refractivity contribution in [2.75, 3.05) is 6.61 Å². The lowest BCUT2D eigenvalue weighted by Gasteiger charge is -2.08. The Labute approximate surface area is 142 Å². The minimum absolute atomic E-state index is 0.255. The monoisotopic (exact) mass is 350 g/mol. The molecule has 24 heavy (non-hydrogen) atoms. The van der Waals surface area contributed by atoms with Gasteiger partial charge in [0.05, 0.1) is 0 Å². The predicted molar refractivity (Wildman–Crippen MR) is 85.5 cm³/mol. The molecule has 0 aliphatic rings. The Hall–Kier alpha value is -2.80. The van der Waals surface area contributed by atoms with E-state index in [0.29, 0.717) is 22.1 Å². The van der Waals surface area contributed by atoms with Crippen LogP contribution in [-0.2, 0) is 9.53 Å². The Morgan fingerprint density at radius 3 is 2.38 bits per heavy atom. The highest BCUT2D eigenvalue weighted by molar-refractivity contribution is 6.30. The second-order valence-electron chi connectivity index (χ2n) is 4.91. The van der Waals surface area contributed by atoms with Crippen molar-refractivity contribution in [2.24, 2.45) is 0 Å². The summed E-state index contributed by atoms with van der Waals surface area (Å²) < 4.78 is 10.1. The highest BCUT2D eigenvalue weighted by Crippen LogP contribution is 2.14.